The van der Waals surface area contributed by atoms with E-state index in [4.69, 9.17) is 16.3 Å². The molecule has 0 amide bonds. The van der Waals surface area contributed by atoms with Gasteiger partial charge in [0, 0.05) is 5.88 Å². The number of ether oxygens (including phenoxy) is 1. The number of rotatable bonds is 5. The van der Waals surface area contributed by atoms with Gasteiger partial charge in [-0.2, -0.15) is 0 Å². The minimum absolute atomic E-state index is 0.426. The first kappa shape index (κ1) is 13.9. The Morgan fingerprint density at radius 1 is 1.00 bits per heavy atom. The summed E-state index contributed by atoms with van der Waals surface area (Å²) < 4.78 is 5.70. The van der Waals surface area contributed by atoms with Crippen molar-refractivity contribution >= 4 is 11.6 Å². The molecule has 2 nitrogen and oxygen atoms in total. The highest BCUT2D eigenvalue weighted by atomic mass is 35.5. The second-order valence-corrected chi connectivity index (χ2v) is 5.03. The van der Waals surface area contributed by atoms with Crippen molar-refractivity contribution in [1.82, 2.24) is 0 Å². The maximum Gasteiger partial charge on any atom is 0.127 e. The highest BCUT2D eigenvalue weighted by molar-refractivity contribution is 6.17. The van der Waals surface area contributed by atoms with Crippen LogP contribution >= 0.6 is 11.6 Å². The Balaban J connectivity index is 2.11. The largest absolute Gasteiger partial charge is 0.457 e. The average Bonchev–Trinajstić information content (AvgIpc) is 2.40. The number of alkyl halides is 1. The zero-order valence-corrected chi connectivity index (χ0v) is 11.6. The zero-order valence-electron chi connectivity index (χ0n) is 10.8. The summed E-state index contributed by atoms with van der Waals surface area (Å²) in [6, 6.07) is 17.0. The van der Waals surface area contributed by atoms with Gasteiger partial charge in [0.25, 0.3) is 0 Å². The summed E-state index contributed by atoms with van der Waals surface area (Å²) in [6.45, 7) is 1.77. The van der Waals surface area contributed by atoms with Gasteiger partial charge in [-0.1, -0.05) is 30.3 Å². The van der Waals surface area contributed by atoms with Gasteiger partial charge in [-0.15, -0.1) is 11.6 Å². The molecule has 0 saturated heterocycles. The Bertz CT molecular complexity index is 506. The molecule has 2 aromatic rings. The van der Waals surface area contributed by atoms with Crippen LogP contribution in [0.25, 0.3) is 0 Å². The van der Waals surface area contributed by atoms with E-state index in [1.807, 2.05) is 54.6 Å². The van der Waals surface area contributed by atoms with Crippen LogP contribution in [0.3, 0.4) is 0 Å². The fourth-order valence-electron chi connectivity index (χ4n) is 1.83. The van der Waals surface area contributed by atoms with Crippen molar-refractivity contribution < 1.29 is 9.84 Å². The van der Waals surface area contributed by atoms with Crippen molar-refractivity contribution in [2.75, 3.05) is 5.88 Å². The van der Waals surface area contributed by atoms with Gasteiger partial charge in [-0.25, -0.2) is 0 Å². The molecule has 0 aliphatic carbocycles. The number of halogens is 1. The van der Waals surface area contributed by atoms with E-state index in [-0.39, 0.29) is 0 Å². The van der Waals surface area contributed by atoms with E-state index in [0.29, 0.717) is 12.3 Å². The van der Waals surface area contributed by atoms with Crippen molar-refractivity contribution in [3.63, 3.8) is 0 Å². The van der Waals surface area contributed by atoms with Crippen LogP contribution in [0.15, 0.2) is 54.6 Å². The Morgan fingerprint density at radius 3 is 2.16 bits per heavy atom. The molecule has 0 spiro atoms. The summed E-state index contributed by atoms with van der Waals surface area (Å²) in [5, 5.41) is 10.2. The van der Waals surface area contributed by atoms with E-state index in [2.05, 4.69) is 0 Å². The summed E-state index contributed by atoms with van der Waals surface area (Å²) in [6.07, 6.45) is 0.521. The Hall–Kier alpha value is -1.51. The molecular formula is C16H17ClO2. The molecule has 0 radical (unpaired) electrons. The predicted octanol–water partition coefficient (Wildman–Crippen LogP) is 4.32. The smallest absolute Gasteiger partial charge is 0.127 e. The molecule has 0 saturated carbocycles. The van der Waals surface area contributed by atoms with Gasteiger partial charge in [0.05, 0.1) is 5.60 Å². The molecule has 1 N–H and O–H groups in total. The first-order valence-corrected chi connectivity index (χ1v) is 6.77. The molecule has 2 rings (SSSR count). The standard InChI is InChI=1S/C16H17ClO2/c1-16(18,11-12-17)13-7-9-15(10-8-13)19-14-5-3-2-4-6-14/h2-10,18H,11-12H2,1H3. The van der Waals surface area contributed by atoms with E-state index < -0.39 is 5.60 Å². The number of hydrogen-bond donors (Lipinski definition) is 1. The third kappa shape index (κ3) is 3.72. The normalized spacial score (nSPS) is 13.8. The van der Waals surface area contributed by atoms with E-state index in [1.54, 1.807) is 6.92 Å². The van der Waals surface area contributed by atoms with Crippen LogP contribution in [0.1, 0.15) is 18.9 Å². The zero-order chi connectivity index (χ0) is 13.7. The Morgan fingerprint density at radius 2 is 1.58 bits per heavy atom. The maximum atomic E-state index is 10.2. The van der Waals surface area contributed by atoms with E-state index >= 15 is 0 Å². The molecule has 0 heterocycles. The third-order valence-corrected chi connectivity index (χ3v) is 3.23. The molecule has 0 aliphatic rings. The van der Waals surface area contributed by atoms with E-state index in [9.17, 15) is 5.11 Å². The monoisotopic (exact) mass is 276 g/mol. The fraction of sp³-hybridized carbons (Fsp3) is 0.250. The second-order valence-electron chi connectivity index (χ2n) is 4.65. The lowest BCUT2D eigenvalue weighted by Crippen LogP contribution is -2.21. The molecule has 100 valence electrons. The lowest BCUT2D eigenvalue weighted by atomic mass is 9.93. The topological polar surface area (TPSA) is 29.5 Å². The molecule has 0 aliphatic heterocycles. The molecule has 1 unspecified atom stereocenters. The van der Waals surface area contributed by atoms with Crippen LogP contribution in [0.5, 0.6) is 11.5 Å². The van der Waals surface area contributed by atoms with Crippen LogP contribution in [-0.2, 0) is 5.60 Å². The van der Waals surface area contributed by atoms with Gasteiger partial charge >= 0.3 is 0 Å². The maximum absolute atomic E-state index is 10.2. The molecule has 19 heavy (non-hydrogen) atoms. The van der Waals surface area contributed by atoms with Crippen LogP contribution in [0.2, 0.25) is 0 Å². The van der Waals surface area contributed by atoms with E-state index in [0.717, 1.165) is 17.1 Å². The highest BCUT2D eigenvalue weighted by Gasteiger charge is 2.21. The average molecular weight is 277 g/mol. The van der Waals surface area contributed by atoms with Crippen LogP contribution < -0.4 is 4.74 Å². The number of hydrogen-bond acceptors (Lipinski definition) is 2. The molecule has 0 aromatic heterocycles. The minimum atomic E-state index is -0.896. The van der Waals surface area contributed by atoms with Crippen molar-refractivity contribution in [2.24, 2.45) is 0 Å². The third-order valence-electron chi connectivity index (χ3n) is 3.04. The number of benzene rings is 2. The molecule has 2 aromatic carbocycles. The Kier molecular flexibility index (Phi) is 4.46. The Labute approximate surface area is 118 Å². The molecular weight excluding hydrogens is 260 g/mol. The van der Waals surface area contributed by atoms with Crippen LogP contribution in [0, 0.1) is 0 Å². The van der Waals surface area contributed by atoms with Crippen LogP contribution in [0.4, 0.5) is 0 Å². The van der Waals surface area contributed by atoms with Crippen molar-refractivity contribution in [3.8, 4) is 11.5 Å². The van der Waals surface area contributed by atoms with Crippen LogP contribution in [-0.4, -0.2) is 11.0 Å². The first-order chi connectivity index (χ1) is 9.12. The second kappa shape index (κ2) is 6.09. The molecule has 0 fully saturated rings. The van der Waals surface area contributed by atoms with Crippen molar-refractivity contribution in [2.45, 2.75) is 18.9 Å². The summed E-state index contributed by atoms with van der Waals surface area (Å²) >= 11 is 5.69. The molecule has 3 heteroatoms. The van der Waals surface area contributed by atoms with Gasteiger partial charge in [0.2, 0.25) is 0 Å². The van der Waals surface area contributed by atoms with Gasteiger partial charge in [-0.3, -0.25) is 0 Å². The fourth-order valence-corrected chi connectivity index (χ4v) is 2.20. The van der Waals surface area contributed by atoms with Crippen molar-refractivity contribution in [3.05, 3.63) is 60.2 Å². The summed E-state index contributed by atoms with van der Waals surface area (Å²) in [7, 11) is 0. The lowest BCUT2D eigenvalue weighted by Gasteiger charge is -2.22. The first-order valence-electron chi connectivity index (χ1n) is 6.23. The lowest BCUT2D eigenvalue weighted by molar-refractivity contribution is 0.0540. The van der Waals surface area contributed by atoms with Gasteiger partial charge in [0.15, 0.2) is 0 Å². The van der Waals surface area contributed by atoms with Gasteiger partial charge in [0.1, 0.15) is 11.5 Å². The SMILES string of the molecule is CC(O)(CCCl)c1ccc(Oc2ccccc2)cc1. The minimum Gasteiger partial charge on any atom is -0.457 e. The van der Waals surface area contributed by atoms with Gasteiger partial charge in [-0.05, 0) is 43.2 Å². The highest BCUT2D eigenvalue weighted by Crippen LogP contribution is 2.28. The van der Waals surface area contributed by atoms with Crippen molar-refractivity contribution in [1.29, 1.82) is 0 Å². The number of para-hydroxylation sites is 1. The summed E-state index contributed by atoms with van der Waals surface area (Å²) in [5.41, 5.74) is -0.0545. The number of aliphatic hydroxyl groups is 1. The van der Waals surface area contributed by atoms with E-state index in [1.165, 1.54) is 0 Å². The summed E-state index contributed by atoms with van der Waals surface area (Å²) in [5.74, 6) is 1.97. The predicted molar refractivity (Wildman–Crippen MR) is 77.9 cm³/mol. The quantitative estimate of drug-likeness (QED) is 0.825. The summed E-state index contributed by atoms with van der Waals surface area (Å²) in [4.78, 5) is 0. The van der Waals surface area contributed by atoms with Gasteiger partial charge < -0.3 is 9.84 Å². The molecule has 1 atom stereocenters. The molecule has 0 bridgehead atoms.